The summed E-state index contributed by atoms with van der Waals surface area (Å²) in [6, 6.07) is 8.07. The van der Waals surface area contributed by atoms with Gasteiger partial charge in [-0.3, -0.25) is 0 Å². The molecule has 0 saturated heterocycles. The molecule has 0 aliphatic rings. The third-order valence-electron chi connectivity index (χ3n) is 2.74. The van der Waals surface area contributed by atoms with Crippen LogP contribution in [0.2, 0.25) is 0 Å². The molecule has 0 amide bonds. The second kappa shape index (κ2) is 3.78. The number of rotatable bonds is 1. The van der Waals surface area contributed by atoms with Crippen molar-refractivity contribution in [2.24, 2.45) is 0 Å². The normalized spacial score (nSPS) is 10.1. The predicted molar refractivity (Wildman–Crippen MR) is 60.3 cm³/mol. The molecular formula is C12H12N4. The molecule has 2 rings (SSSR count). The Bertz CT molecular complexity index is 575. The molecule has 0 fully saturated rings. The minimum atomic E-state index is 0.373. The summed E-state index contributed by atoms with van der Waals surface area (Å²) in [6.07, 6.45) is 0. The first-order chi connectivity index (χ1) is 7.63. The Hall–Kier alpha value is -2.15. The van der Waals surface area contributed by atoms with E-state index in [2.05, 4.69) is 24.2 Å². The molecule has 0 aliphatic carbocycles. The second-order valence-corrected chi connectivity index (χ2v) is 3.82. The zero-order valence-corrected chi connectivity index (χ0v) is 9.52. The fourth-order valence-corrected chi connectivity index (χ4v) is 1.54. The van der Waals surface area contributed by atoms with Gasteiger partial charge >= 0.3 is 0 Å². The smallest absolute Gasteiger partial charge is 0.186 e. The summed E-state index contributed by atoms with van der Waals surface area (Å²) < 4.78 is 1.69. The van der Waals surface area contributed by atoms with Gasteiger partial charge in [0.2, 0.25) is 0 Å². The summed E-state index contributed by atoms with van der Waals surface area (Å²) in [5.74, 6) is 0. The number of hydrogen-bond donors (Lipinski definition) is 0. The molecule has 80 valence electrons. The topological polar surface area (TPSA) is 54.5 Å². The lowest BCUT2D eigenvalue weighted by atomic mass is 10.1. The van der Waals surface area contributed by atoms with Gasteiger partial charge in [0.25, 0.3) is 0 Å². The van der Waals surface area contributed by atoms with E-state index in [1.165, 1.54) is 11.1 Å². The Morgan fingerprint density at radius 1 is 1.19 bits per heavy atom. The van der Waals surface area contributed by atoms with E-state index in [1.807, 2.05) is 31.2 Å². The molecule has 1 aromatic heterocycles. The summed E-state index contributed by atoms with van der Waals surface area (Å²) in [5, 5.41) is 16.6. The zero-order valence-electron chi connectivity index (χ0n) is 9.52. The number of aryl methyl sites for hydroxylation is 2. The SMILES string of the molecule is Cc1ccc(-n2nnc(C#N)c2C)cc1C. The first kappa shape index (κ1) is 10.4. The molecule has 0 saturated carbocycles. The van der Waals surface area contributed by atoms with Crippen LogP contribution in [0, 0.1) is 32.1 Å². The molecule has 0 unspecified atom stereocenters. The van der Waals surface area contributed by atoms with Gasteiger partial charge in [-0.2, -0.15) is 5.26 Å². The Kier molecular flexibility index (Phi) is 2.45. The Morgan fingerprint density at radius 2 is 1.94 bits per heavy atom. The average Bonchev–Trinajstić information content (AvgIpc) is 2.64. The van der Waals surface area contributed by atoms with Crippen LogP contribution in [0.25, 0.3) is 5.69 Å². The van der Waals surface area contributed by atoms with E-state index in [1.54, 1.807) is 4.68 Å². The van der Waals surface area contributed by atoms with Crippen molar-refractivity contribution in [2.45, 2.75) is 20.8 Å². The molecule has 0 N–H and O–H groups in total. The summed E-state index contributed by atoms with van der Waals surface area (Å²) in [5.41, 5.74) is 4.52. The number of benzene rings is 1. The van der Waals surface area contributed by atoms with Crippen LogP contribution in [0.4, 0.5) is 0 Å². The van der Waals surface area contributed by atoms with Crippen LogP contribution < -0.4 is 0 Å². The lowest BCUT2D eigenvalue weighted by Crippen LogP contribution is -2.00. The molecule has 0 radical (unpaired) electrons. The van der Waals surface area contributed by atoms with Crippen molar-refractivity contribution in [3.8, 4) is 11.8 Å². The van der Waals surface area contributed by atoms with Crippen molar-refractivity contribution in [1.29, 1.82) is 5.26 Å². The molecule has 0 atom stereocenters. The van der Waals surface area contributed by atoms with E-state index in [9.17, 15) is 0 Å². The number of hydrogen-bond acceptors (Lipinski definition) is 3. The van der Waals surface area contributed by atoms with Gasteiger partial charge in [-0.05, 0) is 44.0 Å². The lowest BCUT2D eigenvalue weighted by molar-refractivity contribution is 0.784. The van der Waals surface area contributed by atoms with Crippen LogP contribution in [0.1, 0.15) is 22.5 Å². The monoisotopic (exact) mass is 212 g/mol. The van der Waals surface area contributed by atoms with Crippen molar-refractivity contribution in [3.05, 3.63) is 40.7 Å². The standard InChI is InChI=1S/C12H12N4/c1-8-4-5-11(6-9(8)2)16-10(3)12(7-13)14-15-16/h4-6H,1-3H3. The van der Waals surface area contributed by atoms with E-state index >= 15 is 0 Å². The number of nitriles is 1. The van der Waals surface area contributed by atoms with Crippen molar-refractivity contribution in [2.75, 3.05) is 0 Å². The fourth-order valence-electron chi connectivity index (χ4n) is 1.54. The molecule has 4 nitrogen and oxygen atoms in total. The average molecular weight is 212 g/mol. The molecule has 1 heterocycles. The van der Waals surface area contributed by atoms with Crippen molar-refractivity contribution < 1.29 is 0 Å². The van der Waals surface area contributed by atoms with Gasteiger partial charge in [0.1, 0.15) is 6.07 Å². The summed E-state index contributed by atoms with van der Waals surface area (Å²) in [7, 11) is 0. The summed E-state index contributed by atoms with van der Waals surface area (Å²) in [6.45, 7) is 5.96. The lowest BCUT2D eigenvalue weighted by Gasteiger charge is -2.05. The molecule has 16 heavy (non-hydrogen) atoms. The van der Waals surface area contributed by atoms with Gasteiger partial charge in [0.05, 0.1) is 11.4 Å². The van der Waals surface area contributed by atoms with Crippen molar-refractivity contribution in [1.82, 2.24) is 15.0 Å². The fraction of sp³-hybridized carbons (Fsp3) is 0.250. The molecule has 4 heteroatoms. The van der Waals surface area contributed by atoms with Gasteiger partial charge in [0.15, 0.2) is 5.69 Å². The molecule has 0 spiro atoms. The van der Waals surface area contributed by atoms with E-state index < -0.39 is 0 Å². The minimum absolute atomic E-state index is 0.373. The highest BCUT2D eigenvalue weighted by Gasteiger charge is 2.09. The number of nitrogens with zero attached hydrogens (tertiary/aromatic N) is 4. The van der Waals surface area contributed by atoms with Crippen LogP contribution in [0.5, 0.6) is 0 Å². The van der Waals surface area contributed by atoms with Crippen molar-refractivity contribution >= 4 is 0 Å². The van der Waals surface area contributed by atoms with Gasteiger partial charge in [-0.15, -0.1) is 5.10 Å². The van der Waals surface area contributed by atoms with E-state index in [0.717, 1.165) is 11.4 Å². The Labute approximate surface area is 94.1 Å². The third-order valence-corrected chi connectivity index (χ3v) is 2.74. The highest BCUT2D eigenvalue weighted by Crippen LogP contribution is 2.15. The molecule has 1 aromatic carbocycles. The maximum Gasteiger partial charge on any atom is 0.186 e. The van der Waals surface area contributed by atoms with E-state index in [0.29, 0.717) is 5.69 Å². The van der Waals surface area contributed by atoms with Crippen LogP contribution in [0.3, 0.4) is 0 Å². The summed E-state index contributed by atoms with van der Waals surface area (Å²) >= 11 is 0. The molecule has 2 aromatic rings. The van der Waals surface area contributed by atoms with Gasteiger partial charge < -0.3 is 0 Å². The van der Waals surface area contributed by atoms with Crippen LogP contribution in [-0.2, 0) is 0 Å². The zero-order chi connectivity index (χ0) is 11.7. The Morgan fingerprint density at radius 3 is 2.50 bits per heavy atom. The first-order valence-corrected chi connectivity index (χ1v) is 5.03. The van der Waals surface area contributed by atoms with Crippen LogP contribution in [0.15, 0.2) is 18.2 Å². The maximum atomic E-state index is 8.81. The summed E-state index contributed by atoms with van der Waals surface area (Å²) in [4.78, 5) is 0. The molecule has 0 aliphatic heterocycles. The molecule has 0 bridgehead atoms. The minimum Gasteiger partial charge on any atom is -0.216 e. The van der Waals surface area contributed by atoms with Crippen molar-refractivity contribution in [3.63, 3.8) is 0 Å². The van der Waals surface area contributed by atoms with E-state index in [-0.39, 0.29) is 0 Å². The highest BCUT2D eigenvalue weighted by molar-refractivity contribution is 5.41. The van der Waals surface area contributed by atoms with Crippen LogP contribution >= 0.6 is 0 Å². The van der Waals surface area contributed by atoms with Gasteiger partial charge in [0, 0.05) is 0 Å². The quantitative estimate of drug-likeness (QED) is 0.727. The maximum absolute atomic E-state index is 8.81. The molecular weight excluding hydrogens is 200 g/mol. The number of aromatic nitrogens is 3. The van der Waals surface area contributed by atoms with Gasteiger partial charge in [-0.25, -0.2) is 4.68 Å². The first-order valence-electron chi connectivity index (χ1n) is 5.03. The largest absolute Gasteiger partial charge is 0.216 e. The highest BCUT2D eigenvalue weighted by atomic mass is 15.4. The van der Waals surface area contributed by atoms with E-state index in [4.69, 9.17) is 5.26 Å². The van der Waals surface area contributed by atoms with Crippen LogP contribution in [-0.4, -0.2) is 15.0 Å². The third kappa shape index (κ3) is 1.57. The van der Waals surface area contributed by atoms with Gasteiger partial charge in [-0.1, -0.05) is 11.3 Å². The Balaban J connectivity index is 2.55. The second-order valence-electron chi connectivity index (χ2n) is 3.82. The predicted octanol–water partition coefficient (Wildman–Crippen LogP) is 2.06.